The van der Waals surface area contributed by atoms with Gasteiger partial charge in [0.05, 0.1) is 11.6 Å². The first kappa shape index (κ1) is 12.2. The normalized spacial score (nSPS) is 15.3. The largest absolute Gasteiger partial charge is 0.353 e. The Hall–Kier alpha value is -1.28. The van der Waals surface area contributed by atoms with Gasteiger partial charge in [-0.05, 0) is 6.07 Å². The van der Waals surface area contributed by atoms with Crippen molar-refractivity contribution in [1.82, 2.24) is 10.3 Å². The molecule has 1 saturated heterocycles. The summed E-state index contributed by atoms with van der Waals surface area (Å²) in [5.41, 5.74) is 6.12. The Kier molecular flexibility index (Phi) is 4.21. The Morgan fingerprint density at radius 3 is 2.88 bits per heavy atom. The van der Waals surface area contributed by atoms with Gasteiger partial charge < -0.3 is 16.0 Å². The van der Waals surface area contributed by atoms with Gasteiger partial charge in [-0.25, -0.2) is 4.98 Å². The molecule has 0 atom stereocenters. The van der Waals surface area contributed by atoms with E-state index in [1.807, 2.05) is 6.07 Å². The number of halogens is 1. The molecule has 2 heterocycles. The third kappa shape index (κ3) is 3.10. The molecule has 0 bridgehead atoms. The van der Waals surface area contributed by atoms with Crippen LogP contribution in [0.15, 0.2) is 12.3 Å². The van der Waals surface area contributed by atoms with Crippen molar-refractivity contribution in [2.45, 2.75) is 0 Å². The molecule has 0 aliphatic carbocycles. The monoisotopic (exact) mass is 250 g/mol. The van der Waals surface area contributed by atoms with Crippen LogP contribution in [0.5, 0.6) is 0 Å². The van der Waals surface area contributed by atoms with E-state index in [1.165, 1.54) is 0 Å². The van der Waals surface area contributed by atoms with Gasteiger partial charge in [0, 0.05) is 37.9 Å². The van der Waals surface area contributed by atoms with Crippen molar-refractivity contribution in [3.63, 3.8) is 0 Å². The number of rotatable bonds is 1. The number of nitrogens with one attached hydrogen (secondary N) is 1. The van der Waals surface area contributed by atoms with Crippen molar-refractivity contribution in [2.75, 3.05) is 37.6 Å². The molecule has 1 aromatic heterocycles. The summed E-state index contributed by atoms with van der Waals surface area (Å²) in [5, 5.41) is 3.94. The quantitative estimate of drug-likeness (QED) is 0.711. The molecular weight excluding hydrogens is 236 g/mol. The van der Waals surface area contributed by atoms with Gasteiger partial charge in [-0.1, -0.05) is 23.4 Å². The third-order valence-electron chi connectivity index (χ3n) is 2.57. The minimum Gasteiger partial charge on any atom is -0.353 e. The van der Waals surface area contributed by atoms with Gasteiger partial charge >= 0.3 is 0 Å². The van der Waals surface area contributed by atoms with E-state index < -0.39 is 0 Å². The van der Waals surface area contributed by atoms with E-state index in [2.05, 4.69) is 27.0 Å². The van der Waals surface area contributed by atoms with Crippen molar-refractivity contribution >= 4 is 17.4 Å². The number of aromatic nitrogens is 1. The molecule has 0 amide bonds. The molecule has 3 N–H and O–H groups in total. The topological polar surface area (TPSA) is 54.2 Å². The zero-order chi connectivity index (χ0) is 12.1. The molecular formula is C12H15ClN4. The molecule has 17 heavy (non-hydrogen) atoms. The van der Waals surface area contributed by atoms with Crippen LogP contribution in [0.1, 0.15) is 5.56 Å². The maximum absolute atomic E-state index is 6.22. The summed E-state index contributed by atoms with van der Waals surface area (Å²) in [6.45, 7) is 4.14. The summed E-state index contributed by atoms with van der Waals surface area (Å²) in [6, 6.07) is 1.84. The van der Waals surface area contributed by atoms with E-state index in [1.54, 1.807) is 6.20 Å². The van der Waals surface area contributed by atoms with Crippen LogP contribution in [0.3, 0.4) is 0 Å². The van der Waals surface area contributed by atoms with E-state index in [-0.39, 0.29) is 0 Å². The highest BCUT2D eigenvalue weighted by Crippen LogP contribution is 2.23. The molecule has 90 valence electrons. The number of pyridine rings is 1. The van der Waals surface area contributed by atoms with Crippen molar-refractivity contribution in [3.8, 4) is 11.8 Å². The van der Waals surface area contributed by atoms with Gasteiger partial charge in [0.15, 0.2) is 0 Å². The number of anilines is 1. The van der Waals surface area contributed by atoms with Crippen LogP contribution in [0.2, 0.25) is 5.02 Å². The molecule has 1 aliphatic rings. The summed E-state index contributed by atoms with van der Waals surface area (Å²) < 4.78 is 0. The molecule has 2 rings (SSSR count). The number of hydrogen-bond donors (Lipinski definition) is 2. The van der Waals surface area contributed by atoms with Crippen LogP contribution in [-0.2, 0) is 0 Å². The maximum Gasteiger partial charge on any atom is 0.147 e. The molecule has 0 spiro atoms. The molecule has 0 aromatic carbocycles. The Morgan fingerprint density at radius 2 is 2.24 bits per heavy atom. The summed E-state index contributed by atoms with van der Waals surface area (Å²) in [5.74, 6) is 6.55. The zero-order valence-electron chi connectivity index (χ0n) is 9.54. The van der Waals surface area contributed by atoms with E-state index in [0.717, 1.165) is 37.6 Å². The number of hydrogen-bond acceptors (Lipinski definition) is 4. The molecule has 1 fully saturated rings. The summed E-state index contributed by atoms with van der Waals surface area (Å²) in [4.78, 5) is 6.56. The minimum atomic E-state index is 0.344. The molecule has 0 unspecified atom stereocenters. The van der Waals surface area contributed by atoms with E-state index in [9.17, 15) is 0 Å². The average molecular weight is 251 g/mol. The van der Waals surface area contributed by atoms with Crippen molar-refractivity contribution in [2.24, 2.45) is 5.73 Å². The lowest BCUT2D eigenvalue weighted by atomic mass is 10.2. The number of nitrogens with zero attached hydrogens (tertiary/aromatic N) is 2. The Morgan fingerprint density at radius 1 is 1.47 bits per heavy atom. The lowest BCUT2D eigenvalue weighted by molar-refractivity contribution is 0.585. The highest BCUT2D eigenvalue weighted by Gasteiger charge is 2.14. The van der Waals surface area contributed by atoms with Gasteiger partial charge in [0.1, 0.15) is 5.82 Å². The molecule has 1 aliphatic heterocycles. The summed E-state index contributed by atoms with van der Waals surface area (Å²) in [7, 11) is 0. The van der Waals surface area contributed by atoms with Crippen molar-refractivity contribution in [3.05, 3.63) is 22.8 Å². The standard InChI is InChI=1S/C12H15ClN4/c13-11-8-10(2-1-3-14)9-16-12(11)17-6-4-15-5-7-17/h8-9,15H,3-7,14H2. The summed E-state index contributed by atoms with van der Waals surface area (Å²) in [6.07, 6.45) is 1.74. The molecule has 0 radical (unpaired) electrons. The number of piperazine rings is 1. The van der Waals surface area contributed by atoms with Gasteiger partial charge in [-0.15, -0.1) is 0 Å². The molecule has 1 aromatic rings. The molecule has 0 saturated carbocycles. The maximum atomic E-state index is 6.22. The molecule has 5 heteroatoms. The van der Waals surface area contributed by atoms with Crippen molar-refractivity contribution < 1.29 is 0 Å². The third-order valence-corrected chi connectivity index (χ3v) is 2.85. The highest BCUT2D eigenvalue weighted by molar-refractivity contribution is 6.33. The predicted molar refractivity (Wildman–Crippen MR) is 70.3 cm³/mol. The van der Waals surface area contributed by atoms with Gasteiger partial charge in [0.25, 0.3) is 0 Å². The smallest absolute Gasteiger partial charge is 0.147 e. The first-order valence-corrected chi connectivity index (χ1v) is 5.99. The average Bonchev–Trinajstić information content (AvgIpc) is 2.37. The lowest BCUT2D eigenvalue weighted by Gasteiger charge is -2.28. The Labute approximate surface area is 106 Å². The zero-order valence-corrected chi connectivity index (χ0v) is 10.3. The van der Waals surface area contributed by atoms with Crippen LogP contribution in [0.4, 0.5) is 5.82 Å². The fraction of sp³-hybridized carbons (Fsp3) is 0.417. The van der Waals surface area contributed by atoms with E-state index in [4.69, 9.17) is 17.3 Å². The SMILES string of the molecule is NCC#Cc1cnc(N2CCNCC2)c(Cl)c1. The first-order valence-electron chi connectivity index (χ1n) is 5.61. The second kappa shape index (κ2) is 5.87. The van der Waals surface area contributed by atoms with E-state index in [0.29, 0.717) is 11.6 Å². The van der Waals surface area contributed by atoms with Crippen molar-refractivity contribution in [1.29, 1.82) is 0 Å². The summed E-state index contributed by atoms with van der Waals surface area (Å²) >= 11 is 6.22. The van der Waals surface area contributed by atoms with Crippen LogP contribution in [0.25, 0.3) is 0 Å². The van der Waals surface area contributed by atoms with Crippen LogP contribution >= 0.6 is 11.6 Å². The highest BCUT2D eigenvalue weighted by atomic mass is 35.5. The van der Waals surface area contributed by atoms with Crippen LogP contribution in [0, 0.1) is 11.8 Å². The van der Waals surface area contributed by atoms with Gasteiger partial charge in [0.2, 0.25) is 0 Å². The van der Waals surface area contributed by atoms with Gasteiger partial charge in [-0.2, -0.15) is 0 Å². The Bertz CT molecular complexity index is 444. The second-order valence-corrected chi connectivity index (χ2v) is 4.18. The fourth-order valence-electron chi connectivity index (χ4n) is 1.76. The van der Waals surface area contributed by atoms with Crippen LogP contribution < -0.4 is 16.0 Å². The molecule has 4 nitrogen and oxygen atoms in total. The Balaban J connectivity index is 2.18. The second-order valence-electron chi connectivity index (χ2n) is 3.77. The van der Waals surface area contributed by atoms with Gasteiger partial charge in [-0.3, -0.25) is 0 Å². The predicted octanol–water partition coefficient (Wildman–Crippen LogP) is 0.455. The first-order chi connectivity index (χ1) is 8.31. The van der Waals surface area contributed by atoms with Crippen LogP contribution in [-0.4, -0.2) is 37.7 Å². The van der Waals surface area contributed by atoms with E-state index >= 15 is 0 Å². The lowest BCUT2D eigenvalue weighted by Crippen LogP contribution is -2.44. The number of nitrogens with two attached hydrogens (primary N) is 1. The fourth-order valence-corrected chi connectivity index (χ4v) is 2.05. The minimum absolute atomic E-state index is 0.344.